The number of benzene rings is 1. The molecule has 2 fully saturated rings. The standard InChI is InChI=1S/C14H18O4S/c1-14(2)17-11-10(8-15)16-13(12(11)18-14)19-9-6-4-3-5-7-9/h3-7,10-13,15H,8H2,1-2H3/t10-,11-,12-,13-/m1/s1. The van der Waals surface area contributed by atoms with E-state index < -0.39 is 5.79 Å². The van der Waals surface area contributed by atoms with Gasteiger partial charge in [0.2, 0.25) is 0 Å². The van der Waals surface area contributed by atoms with E-state index in [1.54, 1.807) is 11.8 Å². The van der Waals surface area contributed by atoms with Crippen molar-refractivity contribution in [3.63, 3.8) is 0 Å². The lowest BCUT2D eigenvalue weighted by atomic mass is 10.2. The molecule has 0 aliphatic carbocycles. The van der Waals surface area contributed by atoms with E-state index in [1.807, 2.05) is 44.2 Å². The lowest BCUT2D eigenvalue weighted by Gasteiger charge is -2.23. The number of rotatable bonds is 3. The molecule has 3 rings (SSSR count). The van der Waals surface area contributed by atoms with E-state index in [1.165, 1.54) is 0 Å². The van der Waals surface area contributed by atoms with Crippen LogP contribution in [0.15, 0.2) is 35.2 Å². The second-order valence-corrected chi connectivity index (χ2v) is 6.39. The first-order chi connectivity index (χ1) is 9.09. The predicted molar refractivity (Wildman–Crippen MR) is 71.9 cm³/mol. The molecule has 104 valence electrons. The molecular weight excluding hydrogens is 264 g/mol. The Bertz CT molecular complexity index is 436. The normalized spacial score (nSPS) is 36.4. The second kappa shape index (κ2) is 5.07. The minimum atomic E-state index is -0.609. The first-order valence-electron chi connectivity index (χ1n) is 6.43. The molecule has 4 atom stereocenters. The summed E-state index contributed by atoms with van der Waals surface area (Å²) in [7, 11) is 0. The van der Waals surface area contributed by atoms with Crippen molar-refractivity contribution in [3.8, 4) is 0 Å². The minimum absolute atomic E-state index is 0.0492. The number of aliphatic hydroxyl groups is 1. The third kappa shape index (κ3) is 2.66. The number of ether oxygens (including phenoxy) is 3. The van der Waals surface area contributed by atoms with Gasteiger partial charge in [0, 0.05) is 4.90 Å². The van der Waals surface area contributed by atoms with Crippen LogP contribution in [0.3, 0.4) is 0 Å². The fourth-order valence-electron chi connectivity index (χ4n) is 2.52. The molecule has 19 heavy (non-hydrogen) atoms. The van der Waals surface area contributed by atoms with Gasteiger partial charge >= 0.3 is 0 Å². The number of thioether (sulfide) groups is 1. The van der Waals surface area contributed by atoms with Gasteiger partial charge in [-0.3, -0.25) is 0 Å². The van der Waals surface area contributed by atoms with Crippen LogP contribution >= 0.6 is 11.8 Å². The lowest BCUT2D eigenvalue weighted by Crippen LogP contribution is -2.31. The van der Waals surface area contributed by atoms with Crippen molar-refractivity contribution in [2.75, 3.05) is 6.61 Å². The summed E-state index contributed by atoms with van der Waals surface area (Å²) in [5.74, 6) is -0.609. The summed E-state index contributed by atoms with van der Waals surface area (Å²) in [5.41, 5.74) is -0.147. The first-order valence-corrected chi connectivity index (χ1v) is 7.31. The van der Waals surface area contributed by atoms with E-state index >= 15 is 0 Å². The Kier molecular flexibility index (Phi) is 3.57. The summed E-state index contributed by atoms with van der Waals surface area (Å²) in [6.07, 6.45) is -0.647. The van der Waals surface area contributed by atoms with E-state index in [2.05, 4.69) is 0 Å². The van der Waals surface area contributed by atoms with Gasteiger partial charge in [0.25, 0.3) is 0 Å². The molecule has 0 aromatic heterocycles. The van der Waals surface area contributed by atoms with Gasteiger partial charge in [-0.1, -0.05) is 30.0 Å². The third-order valence-electron chi connectivity index (χ3n) is 3.28. The molecular formula is C14H18O4S. The van der Waals surface area contributed by atoms with Crippen LogP contribution in [-0.2, 0) is 14.2 Å². The quantitative estimate of drug-likeness (QED) is 0.919. The van der Waals surface area contributed by atoms with Crippen LogP contribution < -0.4 is 0 Å². The molecule has 5 heteroatoms. The Labute approximate surface area is 117 Å². The topological polar surface area (TPSA) is 47.9 Å². The Hall–Kier alpha value is -0.590. The van der Waals surface area contributed by atoms with Crippen LogP contribution in [0.25, 0.3) is 0 Å². The molecule has 0 bridgehead atoms. The van der Waals surface area contributed by atoms with Crippen LogP contribution in [0.4, 0.5) is 0 Å². The fourth-order valence-corrected chi connectivity index (χ4v) is 3.64. The smallest absolute Gasteiger partial charge is 0.164 e. The Morgan fingerprint density at radius 1 is 1.16 bits per heavy atom. The molecule has 1 aromatic carbocycles. The van der Waals surface area contributed by atoms with Gasteiger partial charge in [-0.05, 0) is 26.0 Å². The molecule has 0 saturated carbocycles. The maximum Gasteiger partial charge on any atom is 0.164 e. The van der Waals surface area contributed by atoms with Crippen LogP contribution in [0, 0.1) is 0 Å². The molecule has 2 saturated heterocycles. The number of hydrogen-bond donors (Lipinski definition) is 1. The van der Waals surface area contributed by atoms with Crippen molar-refractivity contribution in [2.45, 2.75) is 48.3 Å². The molecule has 2 aliphatic rings. The van der Waals surface area contributed by atoms with Gasteiger partial charge in [0.15, 0.2) is 5.79 Å². The van der Waals surface area contributed by atoms with Crippen molar-refractivity contribution >= 4 is 11.8 Å². The van der Waals surface area contributed by atoms with Crippen molar-refractivity contribution in [1.29, 1.82) is 0 Å². The van der Waals surface area contributed by atoms with Crippen molar-refractivity contribution in [1.82, 2.24) is 0 Å². The third-order valence-corrected chi connectivity index (χ3v) is 4.44. The lowest BCUT2D eigenvalue weighted by molar-refractivity contribution is -0.181. The highest BCUT2D eigenvalue weighted by molar-refractivity contribution is 7.99. The summed E-state index contributed by atoms with van der Waals surface area (Å²) in [4.78, 5) is 1.12. The highest BCUT2D eigenvalue weighted by Crippen LogP contribution is 2.43. The summed E-state index contributed by atoms with van der Waals surface area (Å²) < 4.78 is 17.6. The minimum Gasteiger partial charge on any atom is -0.394 e. The average molecular weight is 282 g/mol. The van der Waals surface area contributed by atoms with E-state index in [9.17, 15) is 5.11 Å². The maximum absolute atomic E-state index is 9.40. The zero-order valence-corrected chi connectivity index (χ0v) is 11.8. The predicted octanol–water partition coefficient (Wildman–Crippen LogP) is 2.02. The maximum atomic E-state index is 9.40. The van der Waals surface area contributed by atoms with Crippen LogP contribution in [-0.4, -0.2) is 41.2 Å². The summed E-state index contributed by atoms with van der Waals surface area (Å²) in [6, 6.07) is 10.0. The van der Waals surface area contributed by atoms with Crippen molar-refractivity contribution < 1.29 is 19.3 Å². The van der Waals surface area contributed by atoms with Crippen molar-refractivity contribution in [3.05, 3.63) is 30.3 Å². The highest BCUT2D eigenvalue weighted by Gasteiger charge is 2.55. The van der Waals surface area contributed by atoms with Gasteiger partial charge in [0.1, 0.15) is 23.7 Å². The summed E-state index contributed by atoms with van der Waals surface area (Å²) >= 11 is 1.61. The second-order valence-electron chi connectivity index (χ2n) is 5.22. The average Bonchev–Trinajstić information content (AvgIpc) is 2.85. The van der Waals surface area contributed by atoms with Crippen LogP contribution in [0.2, 0.25) is 0 Å². The Balaban J connectivity index is 1.76. The molecule has 2 aliphatic heterocycles. The van der Waals surface area contributed by atoms with Gasteiger partial charge in [-0.15, -0.1) is 0 Å². The fraction of sp³-hybridized carbons (Fsp3) is 0.571. The van der Waals surface area contributed by atoms with Crippen molar-refractivity contribution in [2.24, 2.45) is 0 Å². The molecule has 0 radical (unpaired) electrons. The number of fused-ring (bicyclic) bond motifs is 1. The first kappa shape index (κ1) is 13.4. The Morgan fingerprint density at radius 2 is 1.84 bits per heavy atom. The zero-order valence-electron chi connectivity index (χ0n) is 11.0. The van der Waals surface area contributed by atoms with E-state index in [0.717, 1.165) is 4.90 Å². The zero-order chi connectivity index (χ0) is 13.5. The molecule has 0 spiro atoms. The monoisotopic (exact) mass is 282 g/mol. The van der Waals surface area contributed by atoms with Crippen LogP contribution in [0.5, 0.6) is 0 Å². The van der Waals surface area contributed by atoms with Gasteiger partial charge in [-0.2, -0.15) is 0 Å². The number of hydrogen-bond acceptors (Lipinski definition) is 5. The van der Waals surface area contributed by atoms with E-state index in [0.29, 0.717) is 0 Å². The Morgan fingerprint density at radius 3 is 2.53 bits per heavy atom. The SMILES string of the molecule is CC1(C)O[C@@H]2[C@H](O1)[C@@H](CO)O[C@@H]2Sc1ccccc1. The highest BCUT2D eigenvalue weighted by atomic mass is 32.2. The summed E-state index contributed by atoms with van der Waals surface area (Å²) in [5, 5.41) is 9.40. The molecule has 1 aromatic rings. The molecule has 1 N–H and O–H groups in total. The molecule has 4 nitrogen and oxygen atoms in total. The number of aliphatic hydroxyl groups excluding tert-OH is 1. The van der Waals surface area contributed by atoms with Gasteiger partial charge in [0.05, 0.1) is 6.61 Å². The van der Waals surface area contributed by atoms with Crippen LogP contribution in [0.1, 0.15) is 13.8 Å². The molecule has 2 heterocycles. The molecule has 0 unspecified atom stereocenters. The van der Waals surface area contributed by atoms with E-state index in [-0.39, 0.29) is 30.4 Å². The molecule has 0 amide bonds. The van der Waals surface area contributed by atoms with Gasteiger partial charge in [-0.25, -0.2) is 0 Å². The van der Waals surface area contributed by atoms with E-state index in [4.69, 9.17) is 14.2 Å². The summed E-state index contributed by atoms with van der Waals surface area (Å²) in [6.45, 7) is 3.74. The van der Waals surface area contributed by atoms with Gasteiger partial charge < -0.3 is 19.3 Å². The largest absolute Gasteiger partial charge is 0.394 e.